The van der Waals surface area contributed by atoms with Crippen LogP contribution in [0.2, 0.25) is 0 Å². The molecule has 1 N–H and O–H groups in total. The molecule has 1 aromatic carbocycles. The third-order valence-corrected chi connectivity index (χ3v) is 4.90. The van der Waals surface area contributed by atoms with E-state index < -0.39 is 0 Å². The minimum Gasteiger partial charge on any atom is -0.491 e. The average Bonchev–Trinajstić information content (AvgIpc) is 3.14. The largest absolute Gasteiger partial charge is 0.491 e. The highest BCUT2D eigenvalue weighted by molar-refractivity contribution is 5.87. The molecule has 2 rings (SSSR count). The summed E-state index contributed by atoms with van der Waals surface area (Å²) in [7, 11) is 0. The van der Waals surface area contributed by atoms with Gasteiger partial charge in [0.15, 0.2) is 0 Å². The van der Waals surface area contributed by atoms with E-state index in [1.165, 1.54) is 18.2 Å². The van der Waals surface area contributed by atoms with Crippen molar-refractivity contribution < 1.29 is 24.9 Å². The number of amides is 2. The fourth-order valence-corrected chi connectivity index (χ4v) is 3.35. The van der Waals surface area contributed by atoms with Crippen molar-refractivity contribution in [3.8, 4) is 5.75 Å². The normalized spacial score (nSPS) is 16.1. The van der Waals surface area contributed by atoms with Gasteiger partial charge in [-0.1, -0.05) is 26.5 Å². The van der Waals surface area contributed by atoms with Crippen LogP contribution in [0.25, 0.3) is 0 Å². The van der Waals surface area contributed by atoms with Gasteiger partial charge >= 0.3 is 0 Å². The number of halogens is 1. The smallest absolute Gasteiger partial charge is 0.245 e. The molecule has 0 aromatic heterocycles. The van der Waals surface area contributed by atoms with E-state index in [1.54, 1.807) is 11.0 Å². The highest BCUT2D eigenvalue weighted by Crippen LogP contribution is 2.27. The van der Waals surface area contributed by atoms with Crippen molar-refractivity contribution in [2.75, 3.05) is 39.5 Å². The van der Waals surface area contributed by atoms with Gasteiger partial charge in [0.2, 0.25) is 11.8 Å². The molecule has 7 heteroatoms. The van der Waals surface area contributed by atoms with E-state index in [0.717, 1.165) is 12.0 Å². The van der Waals surface area contributed by atoms with Crippen molar-refractivity contribution in [2.24, 2.45) is 5.92 Å². The van der Waals surface area contributed by atoms with Crippen LogP contribution in [0.1, 0.15) is 39.6 Å². The maximum Gasteiger partial charge on any atom is 0.245 e. The predicted molar refractivity (Wildman–Crippen MR) is 111 cm³/mol. The fourth-order valence-electron chi connectivity index (χ4n) is 3.35. The lowest BCUT2D eigenvalue weighted by Crippen LogP contribution is -2.31. The second-order valence-electron chi connectivity index (χ2n) is 7.49. The Morgan fingerprint density at radius 1 is 1.38 bits per heavy atom. The van der Waals surface area contributed by atoms with E-state index in [-0.39, 0.29) is 30.9 Å². The number of nitrogens with zero attached hydrogens (tertiary/aromatic N) is 1. The molecule has 0 radical (unpaired) electrons. The number of ether oxygens (including phenoxy) is 2. The van der Waals surface area contributed by atoms with Crippen molar-refractivity contribution in [1.82, 2.24) is 10.2 Å². The molecule has 29 heavy (non-hydrogen) atoms. The number of carbonyl (C=O) groups excluding carboxylic acids is 2. The molecule has 1 aliphatic rings. The second-order valence-corrected chi connectivity index (χ2v) is 7.49. The Morgan fingerprint density at radius 3 is 2.90 bits per heavy atom. The molecule has 0 saturated carbocycles. The van der Waals surface area contributed by atoms with E-state index in [4.69, 9.17) is 9.47 Å². The van der Waals surface area contributed by atoms with Crippen molar-refractivity contribution in [1.29, 1.82) is 0 Å². The summed E-state index contributed by atoms with van der Waals surface area (Å²) >= 11 is 0. The summed E-state index contributed by atoms with van der Waals surface area (Å²) in [4.78, 5) is 25.3. The maximum atomic E-state index is 13.4. The third kappa shape index (κ3) is 7.49. The van der Waals surface area contributed by atoms with Gasteiger partial charge in [0.25, 0.3) is 0 Å². The van der Waals surface area contributed by atoms with Gasteiger partial charge in [-0.15, -0.1) is 0 Å². The van der Waals surface area contributed by atoms with Gasteiger partial charge < -0.3 is 19.7 Å². The van der Waals surface area contributed by atoms with Crippen LogP contribution in [0.15, 0.2) is 30.9 Å². The van der Waals surface area contributed by atoms with Crippen LogP contribution in [0.5, 0.6) is 5.75 Å². The monoisotopic (exact) mass is 408 g/mol. The molecule has 1 saturated heterocycles. The first-order chi connectivity index (χ1) is 13.9. The fraction of sp³-hybridized carbons (Fsp3) is 0.545. The van der Waals surface area contributed by atoms with Gasteiger partial charge in [0, 0.05) is 33.5 Å². The summed E-state index contributed by atoms with van der Waals surface area (Å²) < 4.78 is 24.5. The molecule has 0 bridgehead atoms. The van der Waals surface area contributed by atoms with Crippen LogP contribution in [0.3, 0.4) is 0 Å². The molecule has 162 valence electrons. The molecule has 0 spiro atoms. The van der Waals surface area contributed by atoms with Crippen molar-refractivity contribution >= 4 is 11.8 Å². The van der Waals surface area contributed by atoms with Gasteiger partial charge in [0.1, 0.15) is 18.2 Å². The Balaban J connectivity index is 0.00000450. The number of likely N-dealkylation sites (tertiary alicyclic amines) is 1. The van der Waals surface area contributed by atoms with E-state index in [1.807, 2.05) is 13.8 Å². The number of hydrogen-bond acceptors (Lipinski definition) is 4. The summed E-state index contributed by atoms with van der Waals surface area (Å²) in [5, 5.41) is 2.83. The predicted octanol–water partition coefficient (Wildman–Crippen LogP) is 3.13. The van der Waals surface area contributed by atoms with Gasteiger partial charge in [0.05, 0.1) is 13.2 Å². The molecule has 2 amide bonds. The molecule has 1 unspecified atom stereocenters. The summed E-state index contributed by atoms with van der Waals surface area (Å²) in [5.41, 5.74) is 0.957. The Bertz CT molecular complexity index is 714. The number of hydrogen-bond donors (Lipinski definition) is 1. The summed E-state index contributed by atoms with van der Waals surface area (Å²) in [6, 6.07) is 4.56. The van der Waals surface area contributed by atoms with Gasteiger partial charge in [-0.3, -0.25) is 9.59 Å². The highest BCUT2D eigenvalue weighted by Gasteiger charge is 2.26. The second kappa shape index (κ2) is 11.6. The molecular weight excluding hydrogens is 375 g/mol. The molecular formula is C22H33FN2O4. The number of rotatable bonds is 11. The summed E-state index contributed by atoms with van der Waals surface area (Å²) in [6.45, 7) is 10.3. The van der Waals surface area contributed by atoms with Crippen molar-refractivity contribution in [3.05, 3.63) is 42.2 Å². The van der Waals surface area contributed by atoms with Crippen LogP contribution in [0, 0.1) is 11.7 Å². The molecule has 1 aromatic rings. The Hall–Kier alpha value is -2.41. The van der Waals surface area contributed by atoms with E-state index in [9.17, 15) is 14.0 Å². The quantitative estimate of drug-likeness (QED) is 0.451. The first-order valence-corrected chi connectivity index (χ1v) is 10.1. The minimum absolute atomic E-state index is 0. The first kappa shape index (κ1) is 22.9. The van der Waals surface area contributed by atoms with Crippen molar-refractivity contribution in [3.63, 3.8) is 0 Å². The Morgan fingerprint density at radius 2 is 2.17 bits per heavy atom. The SMILES string of the molecule is C=CC(=O)N1CCC(CC(=O)NCCOCCOc2cc(F)ccc2C(C)C)C1.[HH]. The van der Waals surface area contributed by atoms with Crippen LogP contribution in [-0.4, -0.2) is 56.2 Å². The number of carbonyl (C=O) groups is 2. The van der Waals surface area contributed by atoms with E-state index >= 15 is 0 Å². The number of benzene rings is 1. The first-order valence-electron chi connectivity index (χ1n) is 10.1. The lowest BCUT2D eigenvalue weighted by molar-refractivity contribution is -0.126. The average molecular weight is 409 g/mol. The zero-order valence-corrected chi connectivity index (χ0v) is 17.3. The topological polar surface area (TPSA) is 67.9 Å². The molecule has 1 heterocycles. The Kier molecular flexibility index (Phi) is 9.12. The lowest BCUT2D eigenvalue weighted by Gasteiger charge is -2.15. The van der Waals surface area contributed by atoms with Crippen LogP contribution in [-0.2, 0) is 14.3 Å². The number of nitrogens with one attached hydrogen (secondary N) is 1. The van der Waals surface area contributed by atoms with Crippen LogP contribution in [0.4, 0.5) is 4.39 Å². The maximum absolute atomic E-state index is 13.4. The summed E-state index contributed by atoms with van der Waals surface area (Å²) in [5.74, 6) is 0.522. The van der Waals surface area contributed by atoms with Gasteiger partial charge in [-0.25, -0.2) is 4.39 Å². The Labute approximate surface area is 173 Å². The van der Waals surface area contributed by atoms with Gasteiger partial charge in [-0.05, 0) is 36.0 Å². The van der Waals surface area contributed by atoms with Crippen LogP contribution < -0.4 is 10.1 Å². The van der Waals surface area contributed by atoms with Crippen molar-refractivity contribution in [2.45, 2.75) is 32.6 Å². The highest BCUT2D eigenvalue weighted by atomic mass is 19.1. The van der Waals surface area contributed by atoms with Crippen LogP contribution >= 0.6 is 0 Å². The molecule has 1 aliphatic heterocycles. The third-order valence-electron chi connectivity index (χ3n) is 4.90. The molecule has 1 fully saturated rings. The van der Waals surface area contributed by atoms with Gasteiger partial charge in [-0.2, -0.15) is 0 Å². The standard InChI is InChI=1S/C22H31FN2O4.H2/c1-4-22(27)25-9-7-17(15-25)13-21(26)24-8-10-28-11-12-29-20-14-18(23)5-6-19(20)16(2)3;/h4-6,14,16-17H,1,7-13,15H2,2-3H3,(H,24,26);1H. The molecule has 0 aliphatic carbocycles. The van der Waals surface area contributed by atoms with E-state index in [2.05, 4.69) is 11.9 Å². The lowest BCUT2D eigenvalue weighted by atomic mass is 10.0. The molecule has 6 nitrogen and oxygen atoms in total. The zero-order chi connectivity index (χ0) is 21.2. The van der Waals surface area contributed by atoms with E-state index in [0.29, 0.717) is 51.6 Å². The molecule has 1 atom stereocenters. The minimum atomic E-state index is -0.327. The summed E-state index contributed by atoms with van der Waals surface area (Å²) in [6.07, 6.45) is 2.54. The zero-order valence-electron chi connectivity index (χ0n) is 17.3.